The normalized spacial score (nSPS) is 19.3. The minimum absolute atomic E-state index is 0.545. The zero-order chi connectivity index (χ0) is 12.7. The molecule has 2 rings (SSSR count). The smallest absolute Gasteiger partial charge is 0.0473 e. The van der Waals surface area contributed by atoms with Crippen LogP contribution in [0.25, 0.3) is 0 Å². The lowest BCUT2D eigenvalue weighted by atomic mass is 9.95. The molecular weight excluding hydrogens is 208 g/mol. The lowest BCUT2D eigenvalue weighted by Crippen LogP contribution is -2.29. The van der Waals surface area contributed by atoms with Crippen LogP contribution in [0.2, 0.25) is 0 Å². The average Bonchev–Trinajstić information content (AvgIpc) is 2.57. The SMILES string of the molecule is Cc1ncc(C(C)C)c2c1[C@H](C)CN2C(C)C. The molecule has 0 bridgehead atoms. The van der Waals surface area contributed by atoms with E-state index in [-0.39, 0.29) is 0 Å². The van der Waals surface area contributed by atoms with E-state index in [2.05, 4.69) is 57.6 Å². The molecule has 2 heterocycles. The van der Waals surface area contributed by atoms with Crippen molar-refractivity contribution in [3.05, 3.63) is 23.0 Å². The van der Waals surface area contributed by atoms with Crippen molar-refractivity contribution in [2.24, 2.45) is 0 Å². The predicted octanol–water partition coefficient (Wildman–Crippen LogP) is 3.85. The molecule has 0 amide bonds. The highest BCUT2D eigenvalue weighted by atomic mass is 15.2. The summed E-state index contributed by atoms with van der Waals surface area (Å²) in [4.78, 5) is 7.14. The van der Waals surface area contributed by atoms with Crippen LogP contribution in [0.15, 0.2) is 6.20 Å². The second kappa shape index (κ2) is 4.32. The maximum absolute atomic E-state index is 4.59. The van der Waals surface area contributed by atoms with Gasteiger partial charge in [-0.1, -0.05) is 20.8 Å². The molecule has 17 heavy (non-hydrogen) atoms. The lowest BCUT2D eigenvalue weighted by molar-refractivity contribution is 0.666. The molecule has 1 atom stereocenters. The summed E-state index contributed by atoms with van der Waals surface area (Å²) in [6.45, 7) is 14.7. The van der Waals surface area contributed by atoms with E-state index in [1.54, 1.807) is 0 Å². The van der Waals surface area contributed by atoms with E-state index in [0.717, 1.165) is 6.54 Å². The number of aryl methyl sites for hydroxylation is 1. The van der Waals surface area contributed by atoms with Crippen molar-refractivity contribution in [3.8, 4) is 0 Å². The van der Waals surface area contributed by atoms with Crippen LogP contribution in [0.5, 0.6) is 0 Å². The molecule has 0 N–H and O–H groups in total. The topological polar surface area (TPSA) is 16.1 Å². The summed E-state index contributed by atoms with van der Waals surface area (Å²) < 4.78 is 0. The van der Waals surface area contributed by atoms with Crippen molar-refractivity contribution in [1.29, 1.82) is 0 Å². The Hall–Kier alpha value is -1.05. The molecule has 1 aliphatic heterocycles. The Balaban J connectivity index is 2.63. The van der Waals surface area contributed by atoms with Crippen LogP contribution in [0.3, 0.4) is 0 Å². The molecule has 1 aromatic heterocycles. The van der Waals surface area contributed by atoms with Crippen LogP contribution in [0.4, 0.5) is 5.69 Å². The molecule has 1 aromatic rings. The summed E-state index contributed by atoms with van der Waals surface area (Å²) in [6, 6.07) is 0.568. The third-order valence-corrected chi connectivity index (χ3v) is 3.81. The van der Waals surface area contributed by atoms with E-state index < -0.39 is 0 Å². The third kappa shape index (κ3) is 1.94. The second-order valence-electron chi connectivity index (χ2n) is 5.86. The minimum Gasteiger partial charge on any atom is -0.368 e. The number of hydrogen-bond donors (Lipinski definition) is 0. The van der Waals surface area contributed by atoms with E-state index >= 15 is 0 Å². The zero-order valence-electron chi connectivity index (χ0n) is 11.9. The summed E-state index contributed by atoms with van der Waals surface area (Å²) in [6.07, 6.45) is 2.08. The second-order valence-corrected chi connectivity index (χ2v) is 5.86. The van der Waals surface area contributed by atoms with Crippen molar-refractivity contribution in [2.75, 3.05) is 11.4 Å². The van der Waals surface area contributed by atoms with Gasteiger partial charge < -0.3 is 4.90 Å². The van der Waals surface area contributed by atoms with E-state index in [0.29, 0.717) is 17.9 Å². The molecule has 0 fully saturated rings. The summed E-state index contributed by atoms with van der Waals surface area (Å²) in [5.74, 6) is 1.15. The Kier molecular flexibility index (Phi) is 3.15. The largest absolute Gasteiger partial charge is 0.368 e. The van der Waals surface area contributed by atoms with Crippen molar-refractivity contribution in [3.63, 3.8) is 0 Å². The first-order valence-electron chi connectivity index (χ1n) is 6.69. The molecule has 0 saturated carbocycles. The van der Waals surface area contributed by atoms with Crippen LogP contribution >= 0.6 is 0 Å². The number of nitrogens with zero attached hydrogens (tertiary/aromatic N) is 2. The Bertz CT molecular complexity index is 421. The molecule has 0 saturated heterocycles. The lowest BCUT2D eigenvalue weighted by Gasteiger charge is -2.27. The van der Waals surface area contributed by atoms with Crippen LogP contribution in [0.1, 0.15) is 63.3 Å². The van der Waals surface area contributed by atoms with E-state index in [1.807, 2.05) is 0 Å². The van der Waals surface area contributed by atoms with Gasteiger partial charge in [-0.05, 0) is 32.3 Å². The van der Waals surface area contributed by atoms with Crippen molar-refractivity contribution in [1.82, 2.24) is 4.98 Å². The number of pyridine rings is 1. The Morgan fingerprint density at radius 2 is 1.94 bits per heavy atom. The highest BCUT2D eigenvalue weighted by molar-refractivity contribution is 5.67. The number of anilines is 1. The van der Waals surface area contributed by atoms with E-state index in [1.165, 1.54) is 22.5 Å². The van der Waals surface area contributed by atoms with Gasteiger partial charge in [0.2, 0.25) is 0 Å². The fourth-order valence-electron chi connectivity index (χ4n) is 2.90. The van der Waals surface area contributed by atoms with Gasteiger partial charge >= 0.3 is 0 Å². The number of hydrogen-bond acceptors (Lipinski definition) is 2. The van der Waals surface area contributed by atoms with Gasteiger partial charge in [0.15, 0.2) is 0 Å². The Morgan fingerprint density at radius 1 is 1.29 bits per heavy atom. The van der Waals surface area contributed by atoms with Crippen molar-refractivity contribution >= 4 is 5.69 Å². The summed E-state index contributed by atoms with van der Waals surface area (Å²) in [5, 5.41) is 0. The van der Waals surface area contributed by atoms with Crippen molar-refractivity contribution < 1.29 is 0 Å². The first-order chi connectivity index (χ1) is 7.93. The van der Waals surface area contributed by atoms with Gasteiger partial charge in [-0.15, -0.1) is 0 Å². The standard InChI is InChI=1S/C15H24N2/c1-9(2)13-7-16-12(6)14-11(5)8-17(10(3)4)15(13)14/h7,9-11H,8H2,1-6H3/t11-/m1/s1. The first-order valence-corrected chi connectivity index (χ1v) is 6.69. The average molecular weight is 232 g/mol. The minimum atomic E-state index is 0.545. The molecule has 0 radical (unpaired) electrons. The van der Waals surface area contributed by atoms with Gasteiger partial charge in [-0.25, -0.2) is 0 Å². The van der Waals surface area contributed by atoms with Gasteiger partial charge in [-0.2, -0.15) is 0 Å². The summed E-state index contributed by atoms with van der Waals surface area (Å²) in [7, 11) is 0. The monoisotopic (exact) mass is 232 g/mol. The number of aromatic nitrogens is 1. The Labute approximate surface area is 105 Å². The van der Waals surface area contributed by atoms with E-state index in [9.17, 15) is 0 Å². The maximum atomic E-state index is 4.59. The number of rotatable bonds is 2. The molecule has 2 heteroatoms. The quantitative estimate of drug-likeness (QED) is 0.770. The van der Waals surface area contributed by atoms with E-state index in [4.69, 9.17) is 0 Å². The van der Waals surface area contributed by atoms with Crippen LogP contribution in [-0.4, -0.2) is 17.6 Å². The third-order valence-electron chi connectivity index (χ3n) is 3.81. The highest BCUT2D eigenvalue weighted by Crippen LogP contribution is 2.43. The molecular formula is C15H24N2. The number of fused-ring (bicyclic) bond motifs is 1. The molecule has 0 aromatic carbocycles. The predicted molar refractivity (Wildman–Crippen MR) is 74.0 cm³/mol. The van der Waals surface area contributed by atoms with Crippen LogP contribution in [0, 0.1) is 6.92 Å². The fraction of sp³-hybridized carbons (Fsp3) is 0.667. The van der Waals surface area contributed by atoms with Gasteiger partial charge in [0.25, 0.3) is 0 Å². The first kappa shape index (κ1) is 12.4. The van der Waals surface area contributed by atoms with Gasteiger partial charge in [0.1, 0.15) is 0 Å². The summed E-state index contributed by atoms with van der Waals surface area (Å²) in [5.41, 5.74) is 5.56. The zero-order valence-corrected chi connectivity index (χ0v) is 11.9. The molecule has 94 valence electrons. The van der Waals surface area contributed by atoms with Gasteiger partial charge in [0, 0.05) is 41.6 Å². The van der Waals surface area contributed by atoms with Crippen LogP contribution < -0.4 is 4.90 Å². The molecule has 0 unspecified atom stereocenters. The van der Waals surface area contributed by atoms with Gasteiger partial charge in [-0.3, -0.25) is 4.98 Å². The maximum Gasteiger partial charge on any atom is 0.0473 e. The highest BCUT2D eigenvalue weighted by Gasteiger charge is 2.32. The van der Waals surface area contributed by atoms with Crippen molar-refractivity contribution in [2.45, 2.75) is 59.4 Å². The molecule has 0 spiro atoms. The molecule has 1 aliphatic rings. The molecule has 2 nitrogen and oxygen atoms in total. The fourth-order valence-corrected chi connectivity index (χ4v) is 2.90. The molecule has 0 aliphatic carbocycles. The van der Waals surface area contributed by atoms with Gasteiger partial charge in [0.05, 0.1) is 0 Å². The Morgan fingerprint density at radius 3 is 2.47 bits per heavy atom. The summed E-state index contributed by atoms with van der Waals surface area (Å²) >= 11 is 0. The van der Waals surface area contributed by atoms with Crippen LogP contribution in [-0.2, 0) is 0 Å².